The Morgan fingerprint density at radius 1 is 0.432 bits per heavy atom. The molecule has 0 unspecified atom stereocenters. The van der Waals surface area contributed by atoms with Crippen LogP contribution in [-0.4, -0.2) is 37.6 Å². The van der Waals surface area contributed by atoms with Gasteiger partial charge in [-0.1, -0.05) is 0 Å². The molecule has 2 nitrogen and oxygen atoms in total. The maximum absolute atomic E-state index is 6.91. The first kappa shape index (κ1) is 32.5. The van der Waals surface area contributed by atoms with Crippen LogP contribution in [0.1, 0.15) is 86.1 Å². The third-order valence-electron chi connectivity index (χ3n) is 9.51. The van der Waals surface area contributed by atoms with Gasteiger partial charge in [0.2, 0.25) is 0 Å². The van der Waals surface area contributed by atoms with Crippen molar-refractivity contribution in [1.29, 1.82) is 0 Å². The van der Waals surface area contributed by atoms with Crippen molar-refractivity contribution < 1.29 is 8.85 Å². The van der Waals surface area contributed by atoms with Crippen LogP contribution < -0.4 is 16.1 Å². The van der Waals surface area contributed by atoms with E-state index in [1.807, 2.05) is 0 Å². The zero-order valence-corrected chi connectivity index (χ0v) is 31.6. The van der Waals surface area contributed by atoms with Crippen molar-refractivity contribution in [1.82, 2.24) is 0 Å². The summed E-state index contributed by atoms with van der Waals surface area (Å²) < 4.78 is 17.0. The molecule has 2 rings (SSSR count). The van der Waals surface area contributed by atoms with E-state index in [0.29, 0.717) is 0 Å². The first-order valence-electron chi connectivity index (χ1n) is 13.7. The normalized spacial score (nSPS) is 13.2. The molecule has 0 aliphatic carbocycles. The Kier molecular flexibility index (Phi) is 9.37. The molecule has 208 valence electrons. The minimum absolute atomic E-state index is 0.179. The van der Waals surface area contributed by atoms with E-state index >= 15 is 0 Å². The summed E-state index contributed by atoms with van der Waals surface area (Å²) in [6.45, 7) is 41.7. The molecule has 0 aromatic heterocycles. The van der Waals surface area contributed by atoms with Crippen LogP contribution in [0.3, 0.4) is 0 Å². The van der Waals surface area contributed by atoms with Gasteiger partial charge < -0.3 is 0 Å². The summed E-state index contributed by atoms with van der Waals surface area (Å²) in [5.41, 5.74) is 11.0. The van der Waals surface area contributed by atoms with Gasteiger partial charge in [-0.15, -0.1) is 0 Å². The van der Waals surface area contributed by atoms with E-state index < -0.39 is 37.6 Å². The van der Waals surface area contributed by atoms with Gasteiger partial charge in [-0.25, -0.2) is 0 Å². The standard InChI is InChI=1S/C32H54O2Si2Te/c1-19-23(5)29(24(6)20(2)27(19)33-35(15,16)31(9,10)11)37-30-25(7)21(3)28(22(4)26(30)8)34-36(17,18)32(12,13)14/h1-18H3. The van der Waals surface area contributed by atoms with Crippen LogP contribution >= 0.6 is 0 Å². The fraction of sp³-hybridized carbons (Fsp3) is 0.625. The van der Waals surface area contributed by atoms with Crippen molar-refractivity contribution in [2.75, 3.05) is 0 Å². The van der Waals surface area contributed by atoms with E-state index in [9.17, 15) is 0 Å². The number of hydrogen-bond donors (Lipinski definition) is 0. The van der Waals surface area contributed by atoms with Gasteiger partial charge in [0.1, 0.15) is 0 Å². The van der Waals surface area contributed by atoms with E-state index in [-0.39, 0.29) is 10.1 Å². The summed E-state index contributed by atoms with van der Waals surface area (Å²) in [6, 6.07) is 0. The molecule has 0 amide bonds. The van der Waals surface area contributed by atoms with Gasteiger partial charge in [-0.05, 0) is 0 Å². The molecule has 0 aliphatic heterocycles. The molecule has 2 aromatic carbocycles. The van der Waals surface area contributed by atoms with Crippen molar-refractivity contribution in [3.8, 4) is 11.5 Å². The molecule has 0 bridgehead atoms. The molecule has 0 atom stereocenters. The summed E-state index contributed by atoms with van der Waals surface area (Å²) in [5, 5.41) is 0.357. The van der Waals surface area contributed by atoms with Crippen molar-refractivity contribution in [3.63, 3.8) is 0 Å². The Labute approximate surface area is 241 Å². The molecular formula is C32H54O2Si2Te. The third kappa shape index (κ3) is 6.21. The molecule has 0 heterocycles. The van der Waals surface area contributed by atoms with E-state index in [2.05, 4.69) is 123 Å². The number of rotatable bonds is 6. The zero-order chi connectivity index (χ0) is 29.0. The van der Waals surface area contributed by atoms with Gasteiger partial charge in [0, 0.05) is 0 Å². The molecule has 0 spiro atoms. The molecule has 0 saturated carbocycles. The van der Waals surface area contributed by atoms with Crippen LogP contribution in [0.2, 0.25) is 36.3 Å². The average molecular weight is 655 g/mol. The Bertz CT molecular complexity index is 1040. The molecule has 0 radical (unpaired) electrons. The second-order valence-electron chi connectivity index (χ2n) is 14.1. The molecule has 0 saturated heterocycles. The van der Waals surface area contributed by atoms with E-state index in [0.717, 1.165) is 11.5 Å². The Hall–Kier alpha value is -0.737. The second-order valence-corrected chi connectivity index (χ2v) is 26.5. The summed E-state index contributed by atoms with van der Waals surface area (Å²) >= 11 is -0.589. The molecule has 0 N–H and O–H groups in total. The summed E-state index contributed by atoms with van der Waals surface area (Å²) in [5.74, 6) is 2.27. The molecule has 0 aliphatic rings. The molecular weight excluding hydrogens is 600 g/mol. The van der Waals surface area contributed by atoms with Crippen molar-refractivity contribution in [2.45, 2.75) is 133 Å². The van der Waals surface area contributed by atoms with E-state index in [1.54, 1.807) is 7.22 Å². The average Bonchev–Trinajstić information content (AvgIpc) is 2.75. The molecule has 2 aromatic rings. The van der Waals surface area contributed by atoms with Gasteiger partial charge in [0.05, 0.1) is 0 Å². The van der Waals surface area contributed by atoms with Crippen molar-refractivity contribution >= 4 is 44.8 Å². The molecule has 37 heavy (non-hydrogen) atoms. The van der Waals surface area contributed by atoms with E-state index in [4.69, 9.17) is 8.85 Å². The summed E-state index contributed by atoms with van der Waals surface area (Å²) in [6.07, 6.45) is 0. The fourth-order valence-corrected chi connectivity index (χ4v) is 10.3. The first-order chi connectivity index (χ1) is 16.5. The van der Waals surface area contributed by atoms with Crippen LogP contribution in [0, 0.1) is 55.4 Å². The Morgan fingerprint density at radius 2 is 0.649 bits per heavy atom. The van der Waals surface area contributed by atoms with E-state index in [1.165, 1.54) is 44.5 Å². The maximum atomic E-state index is 6.91. The van der Waals surface area contributed by atoms with Gasteiger partial charge in [0.15, 0.2) is 0 Å². The Morgan fingerprint density at radius 3 is 0.838 bits per heavy atom. The van der Waals surface area contributed by atoms with Crippen LogP contribution in [0.4, 0.5) is 0 Å². The van der Waals surface area contributed by atoms with Gasteiger partial charge in [-0.3, -0.25) is 0 Å². The predicted octanol–water partition coefficient (Wildman–Crippen LogP) is 8.58. The monoisotopic (exact) mass is 656 g/mol. The first-order valence-corrected chi connectivity index (χ1v) is 21.9. The second kappa shape index (κ2) is 10.7. The van der Waals surface area contributed by atoms with Crippen molar-refractivity contribution in [2.24, 2.45) is 0 Å². The summed E-state index contributed by atoms with van der Waals surface area (Å²) in [7, 11) is -3.84. The van der Waals surface area contributed by atoms with Crippen molar-refractivity contribution in [3.05, 3.63) is 44.5 Å². The van der Waals surface area contributed by atoms with Crippen LogP contribution in [0.25, 0.3) is 0 Å². The Balaban J connectivity index is 2.64. The van der Waals surface area contributed by atoms with Gasteiger partial charge in [0.25, 0.3) is 0 Å². The zero-order valence-electron chi connectivity index (χ0n) is 27.2. The topological polar surface area (TPSA) is 18.5 Å². The third-order valence-corrected chi connectivity index (χ3v) is 22.8. The van der Waals surface area contributed by atoms with Crippen LogP contribution in [0.15, 0.2) is 0 Å². The summed E-state index contributed by atoms with van der Waals surface area (Å²) in [4.78, 5) is 0. The quantitative estimate of drug-likeness (QED) is 0.291. The number of hydrogen-bond acceptors (Lipinski definition) is 2. The fourth-order valence-electron chi connectivity index (χ4n) is 4.02. The van der Waals surface area contributed by atoms with Crippen LogP contribution in [0.5, 0.6) is 11.5 Å². The van der Waals surface area contributed by atoms with Gasteiger partial charge >= 0.3 is 243 Å². The van der Waals surface area contributed by atoms with Gasteiger partial charge in [-0.2, -0.15) is 0 Å². The van der Waals surface area contributed by atoms with Crippen LogP contribution in [-0.2, 0) is 0 Å². The SMILES string of the molecule is Cc1c(C)c([Te]c2c(C)c(C)c(O[Si](C)(C)C(C)(C)C)c(C)c2C)c(C)c(C)c1O[Si](C)(C)C(C)(C)C. The predicted molar refractivity (Wildman–Crippen MR) is 171 cm³/mol. The number of benzene rings is 2. The molecule has 0 fully saturated rings. The molecule has 5 heteroatoms. The minimum atomic E-state index is -1.92.